The van der Waals surface area contributed by atoms with Gasteiger partial charge in [-0.3, -0.25) is 4.79 Å². The largest absolute Gasteiger partial charge is 0.372 e. The summed E-state index contributed by atoms with van der Waals surface area (Å²) in [6.07, 6.45) is 4.28. The van der Waals surface area contributed by atoms with Crippen LogP contribution in [-0.2, 0) is 0 Å². The van der Waals surface area contributed by atoms with Crippen molar-refractivity contribution in [2.45, 2.75) is 19.8 Å². The molecule has 25 heavy (non-hydrogen) atoms. The van der Waals surface area contributed by atoms with Gasteiger partial charge in [-0.1, -0.05) is 15.9 Å². The smallest absolute Gasteiger partial charge is 0.257 e. The molecule has 2 aromatic carbocycles. The molecule has 1 aliphatic heterocycles. The van der Waals surface area contributed by atoms with Gasteiger partial charge in [0.15, 0.2) is 0 Å². The van der Waals surface area contributed by atoms with E-state index in [0.717, 1.165) is 39.7 Å². The fourth-order valence-electron chi connectivity index (χ4n) is 3.43. The van der Waals surface area contributed by atoms with Gasteiger partial charge in [0.05, 0.1) is 5.56 Å². The molecule has 1 saturated heterocycles. The zero-order valence-corrected chi connectivity index (χ0v) is 15.7. The van der Waals surface area contributed by atoms with E-state index in [-0.39, 0.29) is 5.91 Å². The standard InChI is InChI=1S/C20H20BrN3O/c1-13-10-15(24-8-2-3-9-24)5-7-18(13)23-20(25)17-12-22-19-6-4-14(21)11-16(17)19/h4-7,10-12,22H,2-3,8-9H2,1H3,(H,23,25). The monoisotopic (exact) mass is 397 g/mol. The molecule has 5 heteroatoms. The lowest BCUT2D eigenvalue weighted by Gasteiger charge is -2.19. The van der Waals surface area contributed by atoms with Gasteiger partial charge in [-0.15, -0.1) is 0 Å². The van der Waals surface area contributed by atoms with Crippen molar-refractivity contribution >= 4 is 44.1 Å². The van der Waals surface area contributed by atoms with Crippen LogP contribution < -0.4 is 10.2 Å². The van der Waals surface area contributed by atoms with Crippen molar-refractivity contribution in [3.05, 3.63) is 58.2 Å². The van der Waals surface area contributed by atoms with E-state index in [2.05, 4.69) is 43.3 Å². The Kier molecular flexibility index (Phi) is 4.25. The number of hydrogen-bond acceptors (Lipinski definition) is 2. The summed E-state index contributed by atoms with van der Waals surface area (Å²) in [5, 5.41) is 3.96. The van der Waals surface area contributed by atoms with Gasteiger partial charge in [-0.25, -0.2) is 0 Å². The second kappa shape index (κ2) is 6.56. The molecule has 3 aromatic rings. The quantitative estimate of drug-likeness (QED) is 0.646. The lowest BCUT2D eigenvalue weighted by molar-refractivity contribution is 0.102. The molecule has 1 fully saturated rings. The number of benzene rings is 2. The number of aromatic nitrogens is 1. The van der Waals surface area contributed by atoms with Crippen molar-refractivity contribution in [2.24, 2.45) is 0 Å². The average molecular weight is 398 g/mol. The number of nitrogens with one attached hydrogen (secondary N) is 2. The van der Waals surface area contributed by atoms with Crippen LogP contribution in [0.4, 0.5) is 11.4 Å². The summed E-state index contributed by atoms with van der Waals surface area (Å²) < 4.78 is 0.958. The first-order chi connectivity index (χ1) is 12.1. The Morgan fingerprint density at radius 3 is 2.72 bits per heavy atom. The Morgan fingerprint density at radius 2 is 1.96 bits per heavy atom. The number of aryl methyl sites for hydroxylation is 1. The molecule has 0 spiro atoms. The summed E-state index contributed by atoms with van der Waals surface area (Å²) in [7, 11) is 0. The lowest BCUT2D eigenvalue weighted by atomic mass is 10.1. The van der Waals surface area contributed by atoms with Gasteiger partial charge in [-0.2, -0.15) is 0 Å². The molecule has 2 N–H and O–H groups in total. The highest BCUT2D eigenvalue weighted by atomic mass is 79.9. The molecular formula is C20H20BrN3O. The van der Waals surface area contributed by atoms with E-state index in [1.165, 1.54) is 18.5 Å². The summed E-state index contributed by atoms with van der Waals surface area (Å²) in [6.45, 7) is 4.28. The summed E-state index contributed by atoms with van der Waals surface area (Å²) >= 11 is 3.47. The number of nitrogens with zero attached hydrogens (tertiary/aromatic N) is 1. The molecule has 0 radical (unpaired) electrons. The van der Waals surface area contributed by atoms with E-state index in [4.69, 9.17) is 0 Å². The van der Waals surface area contributed by atoms with Crippen LogP contribution in [0.15, 0.2) is 47.1 Å². The van der Waals surface area contributed by atoms with Gasteiger partial charge in [-0.05, 0) is 61.7 Å². The Balaban J connectivity index is 1.58. The van der Waals surface area contributed by atoms with Gasteiger partial charge in [0.2, 0.25) is 0 Å². The third kappa shape index (κ3) is 3.16. The van der Waals surface area contributed by atoms with Gasteiger partial charge < -0.3 is 15.2 Å². The maximum absolute atomic E-state index is 12.7. The normalized spacial score (nSPS) is 14.2. The van der Waals surface area contributed by atoms with Crippen molar-refractivity contribution in [3.8, 4) is 0 Å². The third-order valence-corrected chi connectivity index (χ3v) is 5.31. The first-order valence-electron chi connectivity index (χ1n) is 8.55. The predicted octanol–water partition coefficient (Wildman–Crippen LogP) is 5.09. The molecule has 1 amide bonds. The molecule has 0 bridgehead atoms. The second-order valence-corrected chi connectivity index (χ2v) is 7.46. The number of rotatable bonds is 3. The Morgan fingerprint density at radius 1 is 1.16 bits per heavy atom. The van der Waals surface area contributed by atoms with Crippen LogP contribution in [0.3, 0.4) is 0 Å². The van der Waals surface area contributed by atoms with Crippen LogP contribution >= 0.6 is 15.9 Å². The van der Waals surface area contributed by atoms with Crippen LogP contribution in [0.2, 0.25) is 0 Å². The minimum Gasteiger partial charge on any atom is -0.372 e. The molecule has 128 valence electrons. The number of halogens is 1. The Labute approximate surface area is 155 Å². The highest BCUT2D eigenvalue weighted by molar-refractivity contribution is 9.10. The van der Waals surface area contributed by atoms with Crippen molar-refractivity contribution in [3.63, 3.8) is 0 Å². The van der Waals surface area contributed by atoms with E-state index in [1.807, 2.05) is 31.2 Å². The summed E-state index contributed by atoms with van der Waals surface area (Å²) in [6, 6.07) is 12.1. The Bertz CT molecular complexity index is 941. The van der Waals surface area contributed by atoms with Crippen molar-refractivity contribution in [1.82, 2.24) is 4.98 Å². The summed E-state index contributed by atoms with van der Waals surface area (Å²) in [5.74, 6) is -0.0960. The summed E-state index contributed by atoms with van der Waals surface area (Å²) in [4.78, 5) is 18.3. The lowest BCUT2D eigenvalue weighted by Crippen LogP contribution is -2.18. The number of carbonyl (C=O) groups is 1. The molecule has 2 heterocycles. The molecule has 0 saturated carbocycles. The van der Waals surface area contributed by atoms with E-state index < -0.39 is 0 Å². The number of H-pyrrole nitrogens is 1. The van der Waals surface area contributed by atoms with Crippen LogP contribution in [0, 0.1) is 6.92 Å². The Hall–Kier alpha value is -2.27. The van der Waals surface area contributed by atoms with Crippen molar-refractivity contribution in [1.29, 1.82) is 0 Å². The van der Waals surface area contributed by atoms with Gasteiger partial charge in [0.1, 0.15) is 0 Å². The number of anilines is 2. The van der Waals surface area contributed by atoms with Gasteiger partial charge in [0.25, 0.3) is 5.91 Å². The number of aromatic amines is 1. The zero-order chi connectivity index (χ0) is 17.4. The molecule has 4 nitrogen and oxygen atoms in total. The number of amides is 1. The number of carbonyl (C=O) groups excluding carboxylic acids is 1. The van der Waals surface area contributed by atoms with Gasteiger partial charge >= 0.3 is 0 Å². The van der Waals surface area contributed by atoms with E-state index in [9.17, 15) is 4.79 Å². The predicted molar refractivity (Wildman–Crippen MR) is 107 cm³/mol. The first kappa shape index (κ1) is 16.2. The third-order valence-electron chi connectivity index (χ3n) is 4.82. The highest BCUT2D eigenvalue weighted by Gasteiger charge is 2.16. The molecule has 1 aliphatic rings. The van der Waals surface area contributed by atoms with E-state index in [1.54, 1.807) is 6.20 Å². The SMILES string of the molecule is Cc1cc(N2CCCC2)ccc1NC(=O)c1c[nH]c2ccc(Br)cc12. The van der Waals surface area contributed by atoms with Gasteiger partial charge in [0, 0.05) is 46.0 Å². The minimum absolute atomic E-state index is 0.0960. The van der Waals surface area contributed by atoms with E-state index >= 15 is 0 Å². The first-order valence-corrected chi connectivity index (χ1v) is 9.35. The maximum atomic E-state index is 12.7. The second-order valence-electron chi connectivity index (χ2n) is 6.54. The molecule has 0 aliphatic carbocycles. The molecular weight excluding hydrogens is 378 g/mol. The molecule has 0 atom stereocenters. The topological polar surface area (TPSA) is 48.1 Å². The fraction of sp³-hybridized carbons (Fsp3) is 0.250. The van der Waals surface area contributed by atoms with Crippen LogP contribution in [0.25, 0.3) is 10.9 Å². The highest BCUT2D eigenvalue weighted by Crippen LogP contribution is 2.27. The minimum atomic E-state index is -0.0960. The van der Waals surface area contributed by atoms with E-state index in [0.29, 0.717) is 5.56 Å². The maximum Gasteiger partial charge on any atom is 0.257 e. The van der Waals surface area contributed by atoms with Crippen LogP contribution in [-0.4, -0.2) is 24.0 Å². The molecule has 1 aromatic heterocycles. The van der Waals surface area contributed by atoms with Crippen molar-refractivity contribution < 1.29 is 4.79 Å². The summed E-state index contributed by atoms with van der Waals surface area (Å²) in [5.41, 5.74) is 4.79. The molecule has 0 unspecified atom stereocenters. The number of hydrogen-bond donors (Lipinski definition) is 2. The number of fused-ring (bicyclic) bond motifs is 1. The zero-order valence-electron chi connectivity index (χ0n) is 14.1. The van der Waals surface area contributed by atoms with Crippen LogP contribution in [0.1, 0.15) is 28.8 Å². The van der Waals surface area contributed by atoms with Crippen molar-refractivity contribution in [2.75, 3.05) is 23.3 Å². The fourth-order valence-corrected chi connectivity index (χ4v) is 3.79. The molecule has 4 rings (SSSR count). The van der Waals surface area contributed by atoms with Crippen LogP contribution in [0.5, 0.6) is 0 Å². The average Bonchev–Trinajstić information content (AvgIpc) is 3.25.